The summed E-state index contributed by atoms with van der Waals surface area (Å²) in [6.45, 7) is 14.9. The number of rotatable bonds is 7. The van der Waals surface area contributed by atoms with Crippen molar-refractivity contribution in [1.29, 1.82) is 0 Å². The molecule has 5 heteroatoms. The largest absolute Gasteiger partial charge is 0.379 e. The minimum Gasteiger partial charge on any atom is -0.379 e. The third-order valence-corrected chi connectivity index (χ3v) is 4.51. The molecule has 1 unspecified atom stereocenters. The van der Waals surface area contributed by atoms with Crippen molar-refractivity contribution >= 4 is 5.96 Å². The van der Waals surface area contributed by atoms with Gasteiger partial charge < -0.3 is 15.4 Å². The van der Waals surface area contributed by atoms with Crippen molar-refractivity contribution < 1.29 is 4.74 Å². The van der Waals surface area contributed by atoms with Gasteiger partial charge >= 0.3 is 0 Å². The number of aryl methyl sites for hydroxylation is 2. The van der Waals surface area contributed by atoms with Crippen LogP contribution in [0.1, 0.15) is 30.5 Å². The smallest absolute Gasteiger partial charge is 0.191 e. The zero-order valence-corrected chi connectivity index (χ0v) is 16.3. The molecule has 1 aromatic carbocycles. The fourth-order valence-corrected chi connectivity index (χ4v) is 3.24. The Balaban J connectivity index is 1.82. The van der Waals surface area contributed by atoms with Crippen molar-refractivity contribution in [3.8, 4) is 0 Å². The molecule has 1 aromatic rings. The molecule has 0 bridgehead atoms. The predicted molar refractivity (Wildman–Crippen MR) is 105 cm³/mol. The van der Waals surface area contributed by atoms with Gasteiger partial charge in [-0.15, -0.1) is 0 Å². The maximum Gasteiger partial charge on any atom is 0.191 e. The third kappa shape index (κ3) is 7.04. The molecule has 2 rings (SSSR count). The van der Waals surface area contributed by atoms with Crippen LogP contribution >= 0.6 is 0 Å². The van der Waals surface area contributed by atoms with Gasteiger partial charge in [0.1, 0.15) is 0 Å². The number of guanidine groups is 1. The van der Waals surface area contributed by atoms with Gasteiger partial charge in [-0.1, -0.05) is 29.3 Å². The van der Waals surface area contributed by atoms with Crippen LogP contribution in [0.2, 0.25) is 0 Å². The summed E-state index contributed by atoms with van der Waals surface area (Å²) in [6.07, 6.45) is 1.01. The highest BCUT2D eigenvalue weighted by Crippen LogP contribution is 2.09. The van der Waals surface area contributed by atoms with Crippen LogP contribution in [-0.4, -0.2) is 62.8 Å². The molecule has 1 saturated heterocycles. The average molecular weight is 347 g/mol. The second-order valence-corrected chi connectivity index (χ2v) is 6.89. The molecule has 0 spiro atoms. The molecule has 0 radical (unpaired) electrons. The van der Waals surface area contributed by atoms with Crippen molar-refractivity contribution in [2.24, 2.45) is 4.99 Å². The molecule has 0 saturated carbocycles. The number of benzene rings is 1. The monoisotopic (exact) mass is 346 g/mol. The van der Waals surface area contributed by atoms with Crippen LogP contribution in [0.15, 0.2) is 23.2 Å². The van der Waals surface area contributed by atoms with E-state index in [0.717, 1.165) is 58.3 Å². The lowest BCUT2D eigenvalue weighted by atomic mass is 10.1. The van der Waals surface area contributed by atoms with Crippen LogP contribution in [0.25, 0.3) is 0 Å². The molecule has 0 amide bonds. The van der Waals surface area contributed by atoms with E-state index in [-0.39, 0.29) is 0 Å². The van der Waals surface area contributed by atoms with Gasteiger partial charge in [0.15, 0.2) is 5.96 Å². The SMILES string of the molecule is CCNC(=NCC(C)N1CCOCC1)NCCc1cc(C)cc(C)c1. The van der Waals surface area contributed by atoms with Crippen molar-refractivity contribution in [1.82, 2.24) is 15.5 Å². The van der Waals surface area contributed by atoms with E-state index in [1.165, 1.54) is 16.7 Å². The third-order valence-electron chi connectivity index (χ3n) is 4.51. The second-order valence-electron chi connectivity index (χ2n) is 6.89. The first kappa shape index (κ1) is 19.7. The number of nitrogens with zero attached hydrogens (tertiary/aromatic N) is 2. The van der Waals surface area contributed by atoms with Crippen LogP contribution in [0.4, 0.5) is 0 Å². The van der Waals surface area contributed by atoms with Gasteiger partial charge in [-0.25, -0.2) is 0 Å². The number of nitrogens with one attached hydrogen (secondary N) is 2. The summed E-state index contributed by atoms with van der Waals surface area (Å²) in [5.74, 6) is 0.909. The van der Waals surface area contributed by atoms with E-state index in [9.17, 15) is 0 Å². The fourth-order valence-electron chi connectivity index (χ4n) is 3.24. The summed E-state index contributed by atoms with van der Waals surface area (Å²) in [7, 11) is 0. The Morgan fingerprint density at radius 1 is 1.16 bits per heavy atom. The molecule has 0 aromatic heterocycles. The highest BCUT2D eigenvalue weighted by atomic mass is 16.5. The van der Waals surface area contributed by atoms with Crippen molar-refractivity contribution in [2.75, 3.05) is 45.9 Å². The van der Waals surface area contributed by atoms with Gasteiger partial charge in [0.05, 0.1) is 19.8 Å². The molecule has 1 aliphatic rings. The van der Waals surface area contributed by atoms with Gasteiger partial charge in [0.25, 0.3) is 0 Å². The predicted octanol–water partition coefficient (Wildman–Crippen LogP) is 2.12. The molecular formula is C20H34N4O. The van der Waals surface area contributed by atoms with Crippen molar-refractivity contribution in [2.45, 2.75) is 40.2 Å². The van der Waals surface area contributed by atoms with Gasteiger partial charge in [0, 0.05) is 32.2 Å². The lowest BCUT2D eigenvalue weighted by Gasteiger charge is -2.31. The molecule has 1 aliphatic heterocycles. The maximum atomic E-state index is 5.42. The Labute approximate surface area is 152 Å². The van der Waals surface area contributed by atoms with Crippen LogP contribution in [0.3, 0.4) is 0 Å². The number of aliphatic imine (C=N–C) groups is 1. The van der Waals surface area contributed by atoms with Crippen molar-refractivity contribution in [3.05, 3.63) is 34.9 Å². The second kappa shape index (κ2) is 10.4. The van der Waals surface area contributed by atoms with Gasteiger partial charge in [0.2, 0.25) is 0 Å². The normalized spacial score (nSPS) is 17.4. The van der Waals surface area contributed by atoms with E-state index in [4.69, 9.17) is 9.73 Å². The quantitative estimate of drug-likeness (QED) is 0.586. The zero-order valence-electron chi connectivity index (χ0n) is 16.3. The molecule has 5 nitrogen and oxygen atoms in total. The summed E-state index contributed by atoms with van der Waals surface area (Å²) in [5, 5.41) is 6.81. The summed E-state index contributed by atoms with van der Waals surface area (Å²) in [4.78, 5) is 7.22. The first-order chi connectivity index (χ1) is 12.1. The van der Waals surface area contributed by atoms with E-state index in [2.05, 4.69) is 61.4 Å². The Kier molecular flexibility index (Phi) is 8.22. The summed E-state index contributed by atoms with van der Waals surface area (Å²) < 4.78 is 5.42. The Hall–Kier alpha value is -1.59. The topological polar surface area (TPSA) is 48.9 Å². The average Bonchev–Trinajstić information content (AvgIpc) is 2.59. The molecule has 2 N–H and O–H groups in total. The van der Waals surface area contributed by atoms with E-state index in [0.29, 0.717) is 6.04 Å². The van der Waals surface area contributed by atoms with Gasteiger partial charge in [-0.3, -0.25) is 9.89 Å². The van der Waals surface area contributed by atoms with Gasteiger partial charge in [-0.2, -0.15) is 0 Å². The molecule has 0 aliphatic carbocycles. The fraction of sp³-hybridized carbons (Fsp3) is 0.650. The highest BCUT2D eigenvalue weighted by Gasteiger charge is 2.16. The number of ether oxygens (including phenoxy) is 1. The maximum absolute atomic E-state index is 5.42. The highest BCUT2D eigenvalue weighted by molar-refractivity contribution is 5.79. The first-order valence-electron chi connectivity index (χ1n) is 9.49. The Morgan fingerprint density at radius 3 is 2.48 bits per heavy atom. The van der Waals surface area contributed by atoms with Gasteiger partial charge in [-0.05, 0) is 39.7 Å². The molecular weight excluding hydrogens is 312 g/mol. The molecule has 25 heavy (non-hydrogen) atoms. The lowest BCUT2D eigenvalue weighted by molar-refractivity contribution is 0.0220. The minimum atomic E-state index is 0.443. The van der Waals surface area contributed by atoms with E-state index in [1.54, 1.807) is 0 Å². The summed E-state index contributed by atoms with van der Waals surface area (Å²) >= 11 is 0. The van der Waals surface area contributed by atoms with Crippen molar-refractivity contribution in [3.63, 3.8) is 0 Å². The van der Waals surface area contributed by atoms with E-state index < -0.39 is 0 Å². The first-order valence-corrected chi connectivity index (χ1v) is 9.49. The molecule has 1 atom stereocenters. The molecule has 140 valence electrons. The lowest BCUT2D eigenvalue weighted by Crippen LogP contribution is -2.44. The summed E-state index contributed by atoms with van der Waals surface area (Å²) in [6, 6.07) is 7.19. The Morgan fingerprint density at radius 2 is 1.84 bits per heavy atom. The summed E-state index contributed by atoms with van der Waals surface area (Å²) in [5.41, 5.74) is 4.03. The number of hydrogen-bond donors (Lipinski definition) is 2. The zero-order chi connectivity index (χ0) is 18.1. The Bertz CT molecular complexity index is 532. The number of hydrogen-bond acceptors (Lipinski definition) is 3. The van der Waals surface area contributed by atoms with E-state index >= 15 is 0 Å². The van der Waals surface area contributed by atoms with Crippen LogP contribution in [0.5, 0.6) is 0 Å². The van der Waals surface area contributed by atoms with Crippen LogP contribution in [-0.2, 0) is 11.2 Å². The number of morpholine rings is 1. The van der Waals surface area contributed by atoms with Crippen LogP contribution in [0, 0.1) is 13.8 Å². The standard InChI is InChI=1S/C20H34N4O/c1-5-21-20(23-15-18(4)24-8-10-25-11-9-24)22-7-6-19-13-16(2)12-17(3)14-19/h12-14,18H,5-11,15H2,1-4H3,(H2,21,22,23). The van der Waals surface area contributed by atoms with E-state index in [1.807, 2.05) is 0 Å². The minimum absolute atomic E-state index is 0.443. The molecule has 1 heterocycles. The molecule has 1 fully saturated rings. The van der Waals surface area contributed by atoms with Crippen LogP contribution < -0.4 is 10.6 Å².